The van der Waals surface area contributed by atoms with Gasteiger partial charge in [-0.25, -0.2) is 0 Å². The van der Waals surface area contributed by atoms with E-state index in [1.54, 1.807) is 18.2 Å². The lowest BCUT2D eigenvalue weighted by molar-refractivity contribution is 0.0941. The van der Waals surface area contributed by atoms with Gasteiger partial charge in [0.2, 0.25) is 0 Å². The Morgan fingerprint density at radius 1 is 1.30 bits per heavy atom. The quantitative estimate of drug-likeness (QED) is 0.831. The Bertz CT molecular complexity index is 521. The van der Waals surface area contributed by atoms with Crippen LogP contribution < -0.4 is 15.8 Å². The molecule has 0 radical (unpaired) electrons. The SMILES string of the molecule is CCOc1cccc(N)c1C(=O)NC1C(C)(C)C1(C)C. The van der Waals surface area contributed by atoms with E-state index in [4.69, 9.17) is 10.5 Å². The molecule has 1 amide bonds. The van der Waals surface area contributed by atoms with Gasteiger partial charge in [-0.05, 0) is 29.9 Å². The van der Waals surface area contributed by atoms with Crippen molar-refractivity contribution in [1.82, 2.24) is 5.32 Å². The Labute approximate surface area is 120 Å². The van der Waals surface area contributed by atoms with E-state index in [1.165, 1.54) is 0 Å². The Balaban J connectivity index is 2.23. The number of nitrogens with two attached hydrogens (primary N) is 1. The fraction of sp³-hybridized carbons (Fsp3) is 0.562. The van der Waals surface area contributed by atoms with Crippen molar-refractivity contribution < 1.29 is 9.53 Å². The highest BCUT2D eigenvalue weighted by molar-refractivity contribution is 6.02. The van der Waals surface area contributed by atoms with E-state index in [0.29, 0.717) is 23.6 Å². The molecule has 1 fully saturated rings. The maximum atomic E-state index is 12.5. The van der Waals surface area contributed by atoms with Gasteiger partial charge in [0.05, 0.1) is 6.61 Å². The van der Waals surface area contributed by atoms with Gasteiger partial charge in [-0.2, -0.15) is 0 Å². The van der Waals surface area contributed by atoms with E-state index in [0.717, 1.165) is 0 Å². The lowest BCUT2D eigenvalue weighted by atomic mass is 10.0. The summed E-state index contributed by atoms with van der Waals surface area (Å²) in [5.41, 5.74) is 7.02. The van der Waals surface area contributed by atoms with Crippen LogP contribution in [0.15, 0.2) is 18.2 Å². The van der Waals surface area contributed by atoms with Crippen molar-refractivity contribution >= 4 is 11.6 Å². The van der Waals surface area contributed by atoms with E-state index < -0.39 is 0 Å². The van der Waals surface area contributed by atoms with Gasteiger partial charge in [-0.3, -0.25) is 4.79 Å². The maximum Gasteiger partial charge on any atom is 0.257 e. The summed E-state index contributed by atoms with van der Waals surface area (Å²) in [6, 6.07) is 5.44. The molecule has 1 saturated carbocycles. The van der Waals surface area contributed by atoms with Gasteiger partial charge in [0.25, 0.3) is 5.91 Å². The maximum absolute atomic E-state index is 12.5. The molecule has 0 aliphatic heterocycles. The van der Waals surface area contributed by atoms with E-state index >= 15 is 0 Å². The highest BCUT2D eigenvalue weighted by atomic mass is 16.5. The van der Waals surface area contributed by atoms with Crippen LogP contribution in [0.3, 0.4) is 0 Å². The zero-order valence-corrected chi connectivity index (χ0v) is 12.9. The molecule has 0 atom stereocenters. The summed E-state index contributed by atoms with van der Waals surface area (Å²) >= 11 is 0. The zero-order valence-electron chi connectivity index (χ0n) is 12.9. The molecule has 0 unspecified atom stereocenters. The fourth-order valence-corrected chi connectivity index (χ4v) is 2.83. The molecule has 0 heterocycles. The van der Waals surface area contributed by atoms with Crippen LogP contribution in [-0.2, 0) is 0 Å². The average Bonchev–Trinajstić information content (AvgIpc) is 2.72. The number of anilines is 1. The second-order valence-electron chi connectivity index (χ2n) is 6.50. The minimum atomic E-state index is -0.157. The number of amides is 1. The van der Waals surface area contributed by atoms with Gasteiger partial charge >= 0.3 is 0 Å². The largest absolute Gasteiger partial charge is 0.493 e. The fourth-order valence-electron chi connectivity index (χ4n) is 2.83. The molecule has 1 aromatic rings. The van der Waals surface area contributed by atoms with Crippen LogP contribution in [-0.4, -0.2) is 18.6 Å². The molecule has 20 heavy (non-hydrogen) atoms. The number of benzene rings is 1. The van der Waals surface area contributed by atoms with E-state index in [2.05, 4.69) is 33.0 Å². The van der Waals surface area contributed by atoms with Crippen LogP contribution in [0.5, 0.6) is 5.75 Å². The van der Waals surface area contributed by atoms with Crippen LogP contribution in [0, 0.1) is 10.8 Å². The molecule has 0 bridgehead atoms. The predicted octanol–water partition coefficient (Wildman–Crippen LogP) is 2.83. The lowest BCUT2D eigenvalue weighted by Crippen LogP contribution is -2.30. The normalized spacial score (nSPS) is 19.4. The number of rotatable bonds is 4. The van der Waals surface area contributed by atoms with Crippen molar-refractivity contribution in [2.24, 2.45) is 10.8 Å². The summed E-state index contributed by atoms with van der Waals surface area (Å²) in [4.78, 5) is 12.5. The molecule has 0 saturated heterocycles. The first-order valence-corrected chi connectivity index (χ1v) is 7.05. The summed E-state index contributed by atoms with van der Waals surface area (Å²) in [5.74, 6) is 0.386. The number of nitrogen functional groups attached to an aromatic ring is 1. The minimum absolute atomic E-state index is 0.0952. The van der Waals surface area contributed by atoms with E-state index in [9.17, 15) is 4.79 Å². The first kappa shape index (κ1) is 14.7. The predicted molar refractivity (Wildman–Crippen MR) is 80.8 cm³/mol. The third-order valence-corrected chi connectivity index (χ3v) is 4.88. The van der Waals surface area contributed by atoms with Gasteiger partial charge in [0.1, 0.15) is 11.3 Å². The first-order valence-electron chi connectivity index (χ1n) is 7.05. The molecule has 4 heteroatoms. The number of ether oxygens (including phenoxy) is 1. The van der Waals surface area contributed by atoms with Crippen LogP contribution >= 0.6 is 0 Å². The number of hydrogen-bond donors (Lipinski definition) is 2. The van der Waals surface area contributed by atoms with Crippen LogP contribution in [0.4, 0.5) is 5.69 Å². The van der Waals surface area contributed by atoms with Gasteiger partial charge in [-0.1, -0.05) is 33.8 Å². The summed E-state index contributed by atoms with van der Waals surface area (Å²) in [6.07, 6.45) is 0. The van der Waals surface area contributed by atoms with Gasteiger partial charge in [0, 0.05) is 11.7 Å². The van der Waals surface area contributed by atoms with Crippen molar-refractivity contribution in [2.45, 2.75) is 40.7 Å². The van der Waals surface area contributed by atoms with E-state index in [-0.39, 0.29) is 22.8 Å². The second-order valence-corrected chi connectivity index (χ2v) is 6.50. The third kappa shape index (κ3) is 2.13. The Morgan fingerprint density at radius 2 is 1.90 bits per heavy atom. The summed E-state index contributed by atoms with van der Waals surface area (Å²) in [6.45, 7) is 11.0. The number of hydrogen-bond acceptors (Lipinski definition) is 3. The molecule has 3 N–H and O–H groups in total. The lowest BCUT2D eigenvalue weighted by Gasteiger charge is -2.13. The van der Waals surface area contributed by atoms with Crippen molar-refractivity contribution in [2.75, 3.05) is 12.3 Å². The monoisotopic (exact) mass is 276 g/mol. The first-order chi connectivity index (χ1) is 9.23. The molecule has 1 aliphatic rings. The molecule has 1 aromatic carbocycles. The molecule has 2 rings (SSSR count). The van der Waals surface area contributed by atoms with Crippen molar-refractivity contribution in [3.8, 4) is 5.75 Å². The summed E-state index contributed by atoms with van der Waals surface area (Å²) in [5, 5.41) is 3.09. The Hall–Kier alpha value is -1.71. The number of nitrogens with one attached hydrogen (secondary N) is 1. The highest BCUT2D eigenvalue weighted by Gasteiger charge is 2.65. The molecular weight excluding hydrogens is 252 g/mol. The van der Waals surface area contributed by atoms with Gasteiger partial charge in [-0.15, -0.1) is 0 Å². The second kappa shape index (κ2) is 4.69. The van der Waals surface area contributed by atoms with Gasteiger partial charge in [0.15, 0.2) is 0 Å². The van der Waals surface area contributed by atoms with Crippen molar-refractivity contribution in [3.63, 3.8) is 0 Å². The average molecular weight is 276 g/mol. The van der Waals surface area contributed by atoms with Crippen molar-refractivity contribution in [3.05, 3.63) is 23.8 Å². The van der Waals surface area contributed by atoms with Crippen LogP contribution in [0.25, 0.3) is 0 Å². The van der Waals surface area contributed by atoms with E-state index in [1.807, 2.05) is 6.92 Å². The molecule has 110 valence electrons. The minimum Gasteiger partial charge on any atom is -0.493 e. The van der Waals surface area contributed by atoms with Crippen LogP contribution in [0.2, 0.25) is 0 Å². The standard InChI is InChI=1S/C16H24N2O2/c1-6-20-11-9-7-8-10(17)12(11)13(19)18-14-15(2,3)16(14,4)5/h7-9,14H,6,17H2,1-5H3,(H,18,19). The molecular formula is C16H24N2O2. The smallest absolute Gasteiger partial charge is 0.257 e. The molecule has 0 spiro atoms. The summed E-state index contributed by atoms with van der Waals surface area (Å²) < 4.78 is 5.50. The van der Waals surface area contributed by atoms with Crippen molar-refractivity contribution in [1.29, 1.82) is 0 Å². The van der Waals surface area contributed by atoms with Gasteiger partial charge < -0.3 is 15.8 Å². The molecule has 0 aromatic heterocycles. The summed E-state index contributed by atoms with van der Waals surface area (Å²) in [7, 11) is 0. The molecule has 4 nitrogen and oxygen atoms in total. The topological polar surface area (TPSA) is 64.3 Å². The highest BCUT2D eigenvalue weighted by Crippen LogP contribution is 2.62. The van der Waals surface area contributed by atoms with Crippen LogP contribution in [0.1, 0.15) is 45.0 Å². The zero-order chi connectivity index (χ0) is 15.1. The molecule has 1 aliphatic carbocycles. The number of carbonyl (C=O) groups is 1. The Morgan fingerprint density at radius 3 is 2.40 bits per heavy atom. The number of carbonyl (C=O) groups excluding carboxylic acids is 1. The third-order valence-electron chi connectivity index (χ3n) is 4.88. The Kier molecular flexibility index (Phi) is 3.44.